The Bertz CT molecular complexity index is 1500. The summed E-state index contributed by atoms with van der Waals surface area (Å²) < 4.78 is 0. The molecule has 6 atom stereocenters. The molecule has 4 aromatic heterocycles. The number of nitrogens with zero attached hydrogens (tertiary/aromatic N) is 4. The van der Waals surface area contributed by atoms with Crippen molar-refractivity contribution in [1.29, 1.82) is 0 Å². The average Bonchev–Trinajstić information content (AvgIpc) is 3.02. The van der Waals surface area contributed by atoms with E-state index in [2.05, 4.69) is 86.5 Å². The maximum atomic E-state index is 4.90. The molecule has 0 unspecified atom stereocenters. The van der Waals surface area contributed by atoms with Gasteiger partial charge in [0, 0.05) is 24.8 Å². The third-order valence-corrected chi connectivity index (χ3v) is 12.3. The fourth-order valence-corrected chi connectivity index (χ4v) is 9.71. The van der Waals surface area contributed by atoms with E-state index in [1.54, 1.807) is 11.1 Å². The molecule has 0 aliphatic heterocycles. The van der Waals surface area contributed by atoms with Crippen LogP contribution in [0, 0.1) is 22.7 Å². The lowest BCUT2D eigenvalue weighted by Crippen LogP contribution is -2.50. The van der Waals surface area contributed by atoms with Crippen LogP contribution in [0.5, 0.6) is 0 Å². The molecule has 4 nitrogen and oxygen atoms in total. The highest BCUT2D eigenvalue weighted by molar-refractivity contribution is 5.59. The molecular formula is C38H42N4. The van der Waals surface area contributed by atoms with Crippen LogP contribution in [0.1, 0.15) is 112 Å². The van der Waals surface area contributed by atoms with Gasteiger partial charge >= 0.3 is 0 Å². The van der Waals surface area contributed by atoms with Crippen molar-refractivity contribution in [3.05, 3.63) is 95.6 Å². The summed E-state index contributed by atoms with van der Waals surface area (Å²) in [5.74, 6) is 4.06. The Morgan fingerprint density at radius 1 is 0.571 bits per heavy atom. The van der Waals surface area contributed by atoms with Gasteiger partial charge in [-0.3, -0.25) is 19.9 Å². The molecule has 10 rings (SSSR count). The molecule has 0 amide bonds. The second-order valence-corrected chi connectivity index (χ2v) is 14.8. The van der Waals surface area contributed by atoms with E-state index in [-0.39, 0.29) is 0 Å². The van der Waals surface area contributed by atoms with Crippen molar-refractivity contribution in [2.24, 2.45) is 22.7 Å². The third kappa shape index (κ3) is 3.86. The fraction of sp³-hybridized carbons (Fsp3) is 0.474. The van der Waals surface area contributed by atoms with Crippen molar-refractivity contribution in [2.75, 3.05) is 0 Å². The minimum atomic E-state index is 0.369. The van der Waals surface area contributed by atoms with Crippen molar-refractivity contribution in [3.63, 3.8) is 0 Å². The normalized spacial score (nSPS) is 29.0. The smallest absolute Gasteiger partial charge is 0.0889 e. The van der Waals surface area contributed by atoms with Gasteiger partial charge < -0.3 is 0 Å². The van der Waals surface area contributed by atoms with Gasteiger partial charge in [0.25, 0.3) is 0 Å². The number of pyridine rings is 4. The average molecular weight is 555 g/mol. The van der Waals surface area contributed by atoms with Crippen LogP contribution < -0.4 is 0 Å². The minimum Gasteiger partial charge on any atom is -0.255 e. The van der Waals surface area contributed by atoms with Crippen molar-refractivity contribution >= 4 is 0 Å². The number of hydrogen-bond donors (Lipinski definition) is 0. The maximum Gasteiger partial charge on any atom is 0.0889 e. The van der Waals surface area contributed by atoms with Crippen molar-refractivity contribution < 1.29 is 0 Å². The predicted molar refractivity (Wildman–Crippen MR) is 168 cm³/mol. The summed E-state index contributed by atoms with van der Waals surface area (Å²) in [6, 6.07) is 17.0. The van der Waals surface area contributed by atoms with E-state index in [0.717, 1.165) is 34.6 Å². The second-order valence-electron chi connectivity index (χ2n) is 14.8. The Morgan fingerprint density at radius 3 is 1.40 bits per heavy atom. The molecule has 42 heavy (non-hydrogen) atoms. The molecule has 0 spiro atoms. The molecule has 2 saturated carbocycles. The lowest BCUT2D eigenvalue weighted by atomic mass is 9.43. The number of hydrogen-bond acceptors (Lipinski definition) is 4. The molecule has 6 aliphatic carbocycles. The Hall–Kier alpha value is -3.40. The van der Waals surface area contributed by atoms with Crippen LogP contribution in [0.3, 0.4) is 0 Å². The van der Waals surface area contributed by atoms with Gasteiger partial charge in [-0.25, -0.2) is 0 Å². The lowest BCUT2D eigenvalue weighted by molar-refractivity contribution is -0.0123. The second kappa shape index (κ2) is 9.56. The van der Waals surface area contributed by atoms with Crippen LogP contribution in [-0.2, 0) is 0 Å². The SMILES string of the molecule is CC1(C)[C@@H]2C[C@H]1[C@H](CCCC[C@@H]1c3cc(-c4ccccn4)ncc3[C@H]3C[C@@H]1C3(C)C)c1cc(-c3ccccn3)ncc12. The van der Waals surface area contributed by atoms with Crippen LogP contribution in [0.15, 0.2) is 73.3 Å². The quantitative estimate of drug-likeness (QED) is 0.214. The topological polar surface area (TPSA) is 51.6 Å². The Balaban J connectivity index is 1.03. The number of aromatic nitrogens is 4. The van der Waals surface area contributed by atoms with Gasteiger partial charge in [0.05, 0.1) is 22.8 Å². The zero-order valence-electron chi connectivity index (χ0n) is 25.4. The van der Waals surface area contributed by atoms with E-state index in [9.17, 15) is 0 Å². The van der Waals surface area contributed by atoms with E-state index in [4.69, 9.17) is 9.97 Å². The van der Waals surface area contributed by atoms with Crippen LogP contribution in [-0.4, -0.2) is 19.9 Å². The summed E-state index contributed by atoms with van der Waals surface area (Å²) in [7, 11) is 0. The molecule has 214 valence electrons. The summed E-state index contributed by atoms with van der Waals surface area (Å²) >= 11 is 0. The van der Waals surface area contributed by atoms with E-state index in [1.807, 2.05) is 24.5 Å². The van der Waals surface area contributed by atoms with E-state index in [0.29, 0.717) is 34.5 Å². The van der Waals surface area contributed by atoms with E-state index < -0.39 is 0 Å². The molecular weight excluding hydrogens is 512 g/mol. The van der Waals surface area contributed by atoms with Gasteiger partial charge in [-0.1, -0.05) is 52.7 Å². The molecule has 2 fully saturated rings. The molecule has 0 saturated heterocycles. The Labute approximate surface area is 250 Å². The maximum absolute atomic E-state index is 4.90. The molecule has 4 aromatic rings. The summed E-state index contributed by atoms with van der Waals surface area (Å²) in [4.78, 5) is 19.0. The predicted octanol–water partition coefficient (Wildman–Crippen LogP) is 9.32. The molecule has 4 bridgehead atoms. The summed E-state index contributed by atoms with van der Waals surface area (Å²) in [6.07, 6.45) is 15.9. The Morgan fingerprint density at radius 2 is 1.02 bits per heavy atom. The Kier molecular flexibility index (Phi) is 5.97. The molecule has 0 radical (unpaired) electrons. The molecule has 4 heterocycles. The van der Waals surface area contributed by atoms with E-state index >= 15 is 0 Å². The largest absolute Gasteiger partial charge is 0.255 e. The standard InChI is InChI=1S/C38H42N4/c1-37(2)29-19-31(37)27-21-41-35(33-13-7-9-15-39-33)17-25(27)23(29)11-5-6-12-24-26-18-36(34-14-8-10-16-40-34)42-22-28(26)32-20-30(24)38(32,3)4/h7-10,13-18,21-24,29-32H,5-6,11-12,19-20H2,1-4H3/t23-,24-,29+,30+,31-,32-/m1/s1. The first-order valence-electron chi connectivity index (χ1n) is 16.2. The third-order valence-electron chi connectivity index (χ3n) is 12.3. The zero-order chi connectivity index (χ0) is 28.6. The first-order chi connectivity index (χ1) is 20.3. The molecule has 6 aliphatic rings. The van der Waals surface area contributed by atoms with Gasteiger partial charge in [-0.15, -0.1) is 0 Å². The number of unbranched alkanes of at least 4 members (excludes halogenated alkanes) is 1. The van der Waals surface area contributed by atoms with Gasteiger partial charge in [-0.05, 0) is 131 Å². The summed E-state index contributed by atoms with van der Waals surface area (Å²) in [5, 5.41) is 0. The summed E-state index contributed by atoms with van der Waals surface area (Å²) in [5.41, 5.74) is 10.9. The minimum absolute atomic E-state index is 0.369. The molecule has 0 N–H and O–H groups in total. The van der Waals surface area contributed by atoms with Gasteiger partial charge in [0.1, 0.15) is 0 Å². The van der Waals surface area contributed by atoms with Crippen molar-refractivity contribution in [1.82, 2.24) is 19.9 Å². The highest BCUT2D eigenvalue weighted by Gasteiger charge is 2.58. The lowest BCUT2D eigenvalue weighted by Gasteiger charge is -2.61. The highest BCUT2D eigenvalue weighted by atomic mass is 14.8. The van der Waals surface area contributed by atoms with Crippen LogP contribution in [0.2, 0.25) is 0 Å². The van der Waals surface area contributed by atoms with Crippen LogP contribution in [0.25, 0.3) is 22.8 Å². The zero-order valence-corrected chi connectivity index (χ0v) is 25.4. The monoisotopic (exact) mass is 554 g/mol. The van der Waals surface area contributed by atoms with Crippen molar-refractivity contribution in [3.8, 4) is 22.8 Å². The highest BCUT2D eigenvalue weighted by Crippen LogP contribution is 2.69. The van der Waals surface area contributed by atoms with Gasteiger partial charge in [-0.2, -0.15) is 0 Å². The number of rotatable bonds is 7. The van der Waals surface area contributed by atoms with Crippen molar-refractivity contribution in [2.45, 2.75) is 89.9 Å². The first kappa shape index (κ1) is 26.2. The van der Waals surface area contributed by atoms with Crippen LogP contribution >= 0.6 is 0 Å². The van der Waals surface area contributed by atoms with Gasteiger partial charge in [0.15, 0.2) is 0 Å². The van der Waals surface area contributed by atoms with E-state index in [1.165, 1.54) is 49.7 Å². The molecule has 0 aromatic carbocycles. The first-order valence-corrected chi connectivity index (χ1v) is 16.2. The summed E-state index contributed by atoms with van der Waals surface area (Å²) in [6.45, 7) is 9.98. The molecule has 4 heteroatoms. The fourth-order valence-electron chi connectivity index (χ4n) is 9.71. The van der Waals surface area contributed by atoms with Crippen LogP contribution in [0.4, 0.5) is 0 Å². The van der Waals surface area contributed by atoms with Gasteiger partial charge in [0.2, 0.25) is 0 Å².